The molecule has 0 unspecified atom stereocenters. The van der Waals surface area contributed by atoms with Crippen LogP contribution in [0, 0.1) is 20.8 Å². The summed E-state index contributed by atoms with van der Waals surface area (Å²) < 4.78 is 3.65. The summed E-state index contributed by atoms with van der Waals surface area (Å²) in [5.74, 6) is 0.787. The van der Waals surface area contributed by atoms with E-state index in [1.165, 1.54) is 0 Å². The predicted molar refractivity (Wildman–Crippen MR) is 73.4 cm³/mol. The molecule has 0 bridgehead atoms. The summed E-state index contributed by atoms with van der Waals surface area (Å²) in [5.41, 5.74) is 9.24. The Labute approximate surface area is 112 Å². The Bertz CT molecular complexity index is 594. The number of rotatable bonds is 2. The van der Waals surface area contributed by atoms with Gasteiger partial charge in [0.1, 0.15) is 0 Å². The molecule has 0 aliphatic carbocycles. The Morgan fingerprint density at radius 3 is 2.17 bits per heavy atom. The maximum Gasteiger partial charge on any atom is 0.176 e. The Hall–Kier alpha value is -1.49. The van der Waals surface area contributed by atoms with E-state index in [-0.39, 0.29) is 6.04 Å². The van der Waals surface area contributed by atoms with Crippen molar-refractivity contribution in [2.75, 3.05) is 5.73 Å². The summed E-state index contributed by atoms with van der Waals surface area (Å²) >= 11 is 6.19. The number of halogens is 1. The van der Waals surface area contributed by atoms with E-state index < -0.39 is 0 Å². The summed E-state index contributed by atoms with van der Waals surface area (Å²) in [4.78, 5) is 0. The van der Waals surface area contributed by atoms with Crippen LogP contribution >= 0.6 is 11.6 Å². The third-order valence-corrected chi connectivity index (χ3v) is 3.55. The minimum absolute atomic E-state index is 0.207. The second kappa shape index (κ2) is 4.31. The first-order chi connectivity index (χ1) is 8.34. The van der Waals surface area contributed by atoms with Crippen LogP contribution in [0.15, 0.2) is 0 Å². The number of nitrogens with two attached hydrogens (primary N) is 1. The van der Waals surface area contributed by atoms with Gasteiger partial charge in [0, 0.05) is 6.04 Å². The van der Waals surface area contributed by atoms with Gasteiger partial charge in [-0.2, -0.15) is 10.2 Å². The van der Waals surface area contributed by atoms with Crippen molar-refractivity contribution in [3.05, 3.63) is 22.1 Å². The van der Waals surface area contributed by atoms with Crippen molar-refractivity contribution < 1.29 is 0 Å². The van der Waals surface area contributed by atoms with Crippen molar-refractivity contribution in [3.8, 4) is 5.82 Å². The van der Waals surface area contributed by atoms with Gasteiger partial charge in [0.2, 0.25) is 0 Å². The van der Waals surface area contributed by atoms with Gasteiger partial charge in [-0.05, 0) is 34.6 Å². The summed E-state index contributed by atoms with van der Waals surface area (Å²) in [7, 11) is 0. The van der Waals surface area contributed by atoms with Crippen molar-refractivity contribution in [2.45, 2.75) is 40.7 Å². The average Bonchev–Trinajstić information content (AvgIpc) is 2.72. The highest BCUT2D eigenvalue weighted by molar-refractivity contribution is 6.31. The van der Waals surface area contributed by atoms with E-state index in [1.807, 2.05) is 25.5 Å². The van der Waals surface area contributed by atoms with Crippen LogP contribution in [0.3, 0.4) is 0 Å². The van der Waals surface area contributed by atoms with E-state index in [4.69, 9.17) is 17.3 Å². The van der Waals surface area contributed by atoms with E-state index in [0.29, 0.717) is 10.7 Å². The van der Waals surface area contributed by atoms with Gasteiger partial charge in [0.05, 0.1) is 27.8 Å². The van der Waals surface area contributed by atoms with Crippen molar-refractivity contribution in [2.24, 2.45) is 0 Å². The number of nitrogen functional groups attached to an aromatic ring is 1. The van der Waals surface area contributed by atoms with Gasteiger partial charge >= 0.3 is 0 Å². The number of aryl methyl sites for hydroxylation is 2. The second-order valence-electron chi connectivity index (χ2n) is 4.76. The molecule has 2 N–H and O–H groups in total. The van der Waals surface area contributed by atoms with E-state index in [2.05, 4.69) is 24.0 Å². The fourth-order valence-electron chi connectivity index (χ4n) is 1.95. The van der Waals surface area contributed by atoms with E-state index >= 15 is 0 Å². The first-order valence-corrected chi connectivity index (χ1v) is 6.29. The standard InChI is InChI=1S/C12H18ClN5/c1-6(2)17-12(11(14)8(4)16-17)18-9(5)10(13)7(3)15-18/h6H,14H2,1-5H3. The number of anilines is 1. The minimum Gasteiger partial charge on any atom is -0.394 e. The topological polar surface area (TPSA) is 61.7 Å². The van der Waals surface area contributed by atoms with Crippen LogP contribution in [0.5, 0.6) is 0 Å². The molecule has 2 rings (SSSR count). The van der Waals surface area contributed by atoms with Crippen molar-refractivity contribution >= 4 is 17.3 Å². The molecule has 0 saturated heterocycles. The maximum atomic E-state index is 6.19. The first kappa shape index (κ1) is 13.0. The van der Waals surface area contributed by atoms with Crippen LogP contribution in [0.1, 0.15) is 37.0 Å². The molecule has 2 aromatic rings. The fourth-order valence-corrected chi connectivity index (χ4v) is 2.07. The van der Waals surface area contributed by atoms with Gasteiger partial charge in [-0.25, -0.2) is 9.36 Å². The first-order valence-electron chi connectivity index (χ1n) is 5.91. The van der Waals surface area contributed by atoms with Crippen molar-refractivity contribution in [1.29, 1.82) is 0 Å². The van der Waals surface area contributed by atoms with E-state index in [9.17, 15) is 0 Å². The normalized spacial score (nSPS) is 11.5. The SMILES string of the molecule is Cc1nn(C(C)C)c(-n2nc(C)c(Cl)c2C)c1N. The quantitative estimate of drug-likeness (QED) is 0.910. The lowest BCUT2D eigenvalue weighted by molar-refractivity contribution is 0.510. The van der Waals surface area contributed by atoms with E-state index in [0.717, 1.165) is 22.9 Å². The molecular weight excluding hydrogens is 250 g/mol. The van der Waals surface area contributed by atoms with Gasteiger partial charge < -0.3 is 5.73 Å². The van der Waals surface area contributed by atoms with Gasteiger partial charge in [-0.15, -0.1) is 0 Å². The molecular formula is C12H18ClN5. The molecule has 6 heteroatoms. The number of nitrogens with zero attached hydrogens (tertiary/aromatic N) is 4. The molecule has 2 aromatic heterocycles. The van der Waals surface area contributed by atoms with Crippen LogP contribution in [0.2, 0.25) is 5.02 Å². The summed E-state index contributed by atoms with van der Waals surface area (Å²) in [6.45, 7) is 9.82. The summed E-state index contributed by atoms with van der Waals surface area (Å²) in [5, 5.41) is 9.56. The van der Waals surface area contributed by atoms with Gasteiger partial charge in [-0.1, -0.05) is 11.6 Å². The molecule has 98 valence electrons. The molecule has 0 aromatic carbocycles. The molecule has 0 spiro atoms. The zero-order valence-corrected chi connectivity index (χ0v) is 12.1. The smallest absolute Gasteiger partial charge is 0.176 e. The minimum atomic E-state index is 0.207. The van der Waals surface area contributed by atoms with Crippen LogP contribution < -0.4 is 5.73 Å². The summed E-state index contributed by atoms with van der Waals surface area (Å²) in [6, 6.07) is 0.207. The Morgan fingerprint density at radius 1 is 1.11 bits per heavy atom. The molecule has 0 saturated carbocycles. The van der Waals surface area contributed by atoms with Gasteiger partial charge in [0.15, 0.2) is 5.82 Å². The molecule has 2 heterocycles. The molecule has 0 amide bonds. The number of hydrogen-bond acceptors (Lipinski definition) is 3. The largest absolute Gasteiger partial charge is 0.394 e. The highest BCUT2D eigenvalue weighted by Crippen LogP contribution is 2.28. The number of aromatic nitrogens is 4. The highest BCUT2D eigenvalue weighted by Gasteiger charge is 2.20. The van der Waals surface area contributed by atoms with Crippen LogP contribution in [-0.2, 0) is 0 Å². The van der Waals surface area contributed by atoms with Gasteiger partial charge in [-0.3, -0.25) is 0 Å². The monoisotopic (exact) mass is 267 g/mol. The average molecular weight is 268 g/mol. The lowest BCUT2D eigenvalue weighted by Gasteiger charge is -2.12. The molecule has 0 atom stereocenters. The van der Waals surface area contributed by atoms with Crippen LogP contribution in [0.4, 0.5) is 5.69 Å². The van der Waals surface area contributed by atoms with Crippen LogP contribution in [-0.4, -0.2) is 19.6 Å². The maximum absolute atomic E-state index is 6.19. The van der Waals surface area contributed by atoms with Crippen LogP contribution in [0.25, 0.3) is 5.82 Å². The third-order valence-electron chi connectivity index (χ3n) is 3.00. The van der Waals surface area contributed by atoms with E-state index in [1.54, 1.807) is 4.68 Å². The zero-order valence-electron chi connectivity index (χ0n) is 11.3. The fraction of sp³-hybridized carbons (Fsp3) is 0.500. The molecule has 0 fully saturated rings. The van der Waals surface area contributed by atoms with Crippen molar-refractivity contribution in [1.82, 2.24) is 19.6 Å². The molecule has 0 aliphatic rings. The Kier molecular flexibility index (Phi) is 3.11. The molecule has 18 heavy (non-hydrogen) atoms. The molecule has 0 radical (unpaired) electrons. The lowest BCUT2D eigenvalue weighted by Crippen LogP contribution is -2.13. The number of hydrogen-bond donors (Lipinski definition) is 1. The predicted octanol–water partition coefficient (Wildman–Crippen LogP) is 2.81. The Morgan fingerprint density at radius 2 is 1.72 bits per heavy atom. The Balaban J connectivity index is 2.74. The molecule has 0 aliphatic heterocycles. The summed E-state index contributed by atoms with van der Waals surface area (Å²) in [6.07, 6.45) is 0. The lowest BCUT2D eigenvalue weighted by atomic mass is 10.3. The zero-order chi connectivity index (χ0) is 13.6. The molecule has 5 nitrogen and oxygen atoms in total. The highest BCUT2D eigenvalue weighted by atomic mass is 35.5. The third kappa shape index (κ3) is 1.79. The van der Waals surface area contributed by atoms with Gasteiger partial charge in [0.25, 0.3) is 0 Å². The van der Waals surface area contributed by atoms with Crippen molar-refractivity contribution in [3.63, 3.8) is 0 Å². The second-order valence-corrected chi connectivity index (χ2v) is 5.14.